The number of ether oxygens (including phenoxy) is 2. The lowest BCUT2D eigenvalue weighted by molar-refractivity contribution is -0.153. The van der Waals surface area contributed by atoms with Crippen molar-refractivity contribution < 1.29 is 28.6 Å². The highest BCUT2D eigenvalue weighted by molar-refractivity contribution is 5.77. The van der Waals surface area contributed by atoms with Crippen LogP contribution in [-0.4, -0.2) is 48.2 Å². The first-order chi connectivity index (χ1) is 10.1. The monoisotopic (exact) mass is 321 g/mol. The number of alkyl halides is 1. The van der Waals surface area contributed by atoms with Crippen LogP contribution in [0.5, 0.6) is 0 Å². The normalized spacial score (nSPS) is 15.6. The maximum Gasteiger partial charge on any atom is 0.408 e. The second-order valence-corrected chi connectivity index (χ2v) is 6.15. The van der Waals surface area contributed by atoms with E-state index >= 15 is 0 Å². The summed E-state index contributed by atoms with van der Waals surface area (Å²) in [5, 5.41) is 12.1. The smallest absolute Gasteiger partial charge is 0.408 e. The summed E-state index contributed by atoms with van der Waals surface area (Å²) in [4.78, 5) is 23.2. The van der Waals surface area contributed by atoms with Gasteiger partial charge in [-0.3, -0.25) is 0 Å². The van der Waals surface area contributed by atoms with Gasteiger partial charge in [-0.1, -0.05) is 26.2 Å². The Hall–Kier alpha value is -1.37. The van der Waals surface area contributed by atoms with Gasteiger partial charge in [-0.25, -0.2) is 14.0 Å². The van der Waals surface area contributed by atoms with E-state index in [0.29, 0.717) is 6.42 Å². The van der Waals surface area contributed by atoms with Crippen LogP contribution >= 0.6 is 0 Å². The average Bonchev–Trinajstić information content (AvgIpc) is 2.41. The predicted octanol–water partition coefficient (Wildman–Crippen LogP) is 2.33. The summed E-state index contributed by atoms with van der Waals surface area (Å²) >= 11 is 0. The van der Waals surface area contributed by atoms with Crippen LogP contribution < -0.4 is 5.32 Å². The van der Waals surface area contributed by atoms with Gasteiger partial charge in [0.25, 0.3) is 0 Å². The number of nitrogens with one attached hydrogen (secondary N) is 1. The lowest BCUT2D eigenvalue weighted by Crippen LogP contribution is -2.53. The molecule has 6 nitrogen and oxygen atoms in total. The van der Waals surface area contributed by atoms with Crippen molar-refractivity contribution in [3.8, 4) is 0 Å². The minimum Gasteiger partial charge on any atom is -0.467 e. The van der Waals surface area contributed by atoms with E-state index in [9.17, 15) is 19.1 Å². The molecule has 22 heavy (non-hydrogen) atoms. The number of rotatable bonds is 8. The number of carbonyl (C=O) groups excluding carboxylic acids is 2. The van der Waals surface area contributed by atoms with Crippen molar-refractivity contribution in [1.29, 1.82) is 0 Å². The topological polar surface area (TPSA) is 84.9 Å². The molecule has 0 aliphatic rings. The average molecular weight is 321 g/mol. The number of hydrogen-bond donors (Lipinski definition) is 2. The van der Waals surface area contributed by atoms with Gasteiger partial charge >= 0.3 is 12.1 Å². The van der Waals surface area contributed by atoms with E-state index in [0.717, 1.165) is 20.0 Å². The van der Waals surface area contributed by atoms with E-state index in [1.807, 2.05) is 6.92 Å². The Balaban J connectivity index is 4.85. The van der Waals surface area contributed by atoms with Gasteiger partial charge in [0.2, 0.25) is 0 Å². The Labute approximate surface area is 131 Å². The van der Waals surface area contributed by atoms with Crippen LogP contribution in [0.25, 0.3) is 0 Å². The molecule has 3 atom stereocenters. The van der Waals surface area contributed by atoms with Crippen molar-refractivity contribution in [3.05, 3.63) is 0 Å². The number of hydrogen-bond acceptors (Lipinski definition) is 5. The van der Waals surface area contributed by atoms with E-state index in [4.69, 9.17) is 4.74 Å². The number of aliphatic hydroxyl groups excluding tert-OH is 1. The molecule has 0 bridgehead atoms. The Morgan fingerprint density at radius 3 is 2.32 bits per heavy atom. The first kappa shape index (κ1) is 20.6. The zero-order valence-electron chi connectivity index (χ0n) is 14.0. The minimum absolute atomic E-state index is 0.127. The number of esters is 1. The van der Waals surface area contributed by atoms with Crippen molar-refractivity contribution >= 4 is 12.1 Å². The summed E-state index contributed by atoms with van der Waals surface area (Å²) in [5.74, 6) is -1.00. The molecule has 0 unspecified atom stereocenters. The molecule has 0 radical (unpaired) electrons. The molecule has 0 heterocycles. The fourth-order valence-corrected chi connectivity index (χ4v) is 1.85. The fourth-order valence-electron chi connectivity index (χ4n) is 1.85. The number of methoxy groups -OCH3 is 1. The molecule has 0 rings (SSSR count). The molecular weight excluding hydrogens is 293 g/mol. The molecule has 0 saturated carbocycles. The van der Waals surface area contributed by atoms with Crippen LogP contribution in [0, 0.1) is 0 Å². The summed E-state index contributed by atoms with van der Waals surface area (Å²) in [6.45, 7) is 6.96. The number of aliphatic hydroxyl groups is 1. The number of halogens is 1. The Morgan fingerprint density at radius 1 is 1.27 bits per heavy atom. The summed E-state index contributed by atoms with van der Waals surface area (Å²) in [6.07, 6.45) is -1.79. The molecule has 0 aliphatic heterocycles. The van der Waals surface area contributed by atoms with Crippen molar-refractivity contribution in [1.82, 2.24) is 5.32 Å². The van der Waals surface area contributed by atoms with Gasteiger partial charge < -0.3 is 19.9 Å². The van der Waals surface area contributed by atoms with E-state index in [2.05, 4.69) is 10.1 Å². The summed E-state index contributed by atoms with van der Waals surface area (Å²) in [7, 11) is 1.08. The molecule has 0 aromatic carbocycles. The number of carbonyl (C=O) groups is 2. The van der Waals surface area contributed by atoms with Crippen molar-refractivity contribution in [2.45, 2.75) is 77.3 Å². The van der Waals surface area contributed by atoms with Crippen LogP contribution in [0.2, 0.25) is 0 Å². The predicted molar refractivity (Wildman–Crippen MR) is 80.2 cm³/mol. The first-order valence-electron chi connectivity index (χ1n) is 7.51. The molecule has 130 valence electrons. The van der Waals surface area contributed by atoms with Crippen LogP contribution in [0.1, 0.15) is 53.4 Å². The zero-order chi connectivity index (χ0) is 17.3. The third-order valence-electron chi connectivity index (χ3n) is 2.94. The van der Waals surface area contributed by atoms with E-state index < -0.39 is 36.0 Å². The van der Waals surface area contributed by atoms with E-state index in [1.165, 1.54) is 0 Å². The van der Waals surface area contributed by atoms with E-state index in [-0.39, 0.29) is 6.42 Å². The number of alkyl carbamates (subject to hydrolysis) is 1. The molecule has 7 heteroatoms. The van der Waals surface area contributed by atoms with Crippen molar-refractivity contribution in [2.75, 3.05) is 7.11 Å². The molecule has 0 fully saturated rings. The van der Waals surface area contributed by atoms with Gasteiger partial charge in [-0.2, -0.15) is 0 Å². The third kappa shape index (κ3) is 8.17. The largest absolute Gasteiger partial charge is 0.467 e. The molecular formula is C15H28FNO5. The van der Waals surface area contributed by atoms with Crippen molar-refractivity contribution in [2.24, 2.45) is 0 Å². The molecule has 0 aromatic heterocycles. The Bertz CT molecular complexity index is 356. The van der Waals surface area contributed by atoms with Crippen LogP contribution in [-0.2, 0) is 14.3 Å². The Kier molecular flexibility index (Phi) is 9.01. The van der Waals surface area contributed by atoms with Gasteiger partial charge in [0, 0.05) is 0 Å². The standard InChI is InChI=1S/C15H28FNO5/c1-6-7-8-9-10(16)11(12(18)13(19)21-5)17-14(20)22-15(2,3)4/h10-12,18H,6-9H2,1-5H3,(H,17,20)/t10-,11+,12-/m0/s1. The van der Waals surface area contributed by atoms with Gasteiger partial charge in [-0.05, 0) is 27.2 Å². The molecule has 0 saturated heterocycles. The SMILES string of the molecule is CCCCC[C@H](F)[C@@H](NC(=O)OC(C)(C)C)[C@H](O)C(=O)OC. The summed E-state index contributed by atoms with van der Waals surface area (Å²) in [5.41, 5.74) is -0.765. The van der Waals surface area contributed by atoms with Crippen LogP contribution in [0.3, 0.4) is 0 Å². The molecule has 1 amide bonds. The van der Waals surface area contributed by atoms with Crippen LogP contribution in [0.4, 0.5) is 9.18 Å². The second kappa shape index (κ2) is 9.61. The molecule has 2 N–H and O–H groups in total. The van der Waals surface area contributed by atoms with Gasteiger partial charge in [0.1, 0.15) is 17.8 Å². The maximum absolute atomic E-state index is 14.3. The van der Waals surface area contributed by atoms with E-state index in [1.54, 1.807) is 20.8 Å². The van der Waals surface area contributed by atoms with Crippen LogP contribution in [0.15, 0.2) is 0 Å². The highest BCUT2D eigenvalue weighted by Gasteiger charge is 2.36. The van der Waals surface area contributed by atoms with Crippen molar-refractivity contribution in [3.63, 3.8) is 0 Å². The lowest BCUT2D eigenvalue weighted by Gasteiger charge is -2.27. The zero-order valence-corrected chi connectivity index (χ0v) is 14.0. The van der Waals surface area contributed by atoms with Gasteiger partial charge in [-0.15, -0.1) is 0 Å². The fraction of sp³-hybridized carbons (Fsp3) is 0.867. The second-order valence-electron chi connectivity index (χ2n) is 6.15. The number of amides is 1. The maximum atomic E-state index is 14.3. The third-order valence-corrected chi connectivity index (χ3v) is 2.94. The lowest BCUT2D eigenvalue weighted by atomic mass is 10.0. The summed E-state index contributed by atoms with van der Waals surface area (Å²) < 4.78 is 23.7. The molecule has 0 spiro atoms. The quantitative estimate of drug-likeness (QED) is 0.529. The first-order valence-corrected chi connectivity index (χ1v) is 7.51. The Morgan fingerprint density at radius 2 is 1.86 bits per heavy atom. The molecule has 0 aliphatic carbocycles. The van der Waals surface area contributed by atoms with Gasteiger partial charge in [0.05, 0.1) is 7.11 Å². The number of unbranched alkanes of at least 4 members (excludes halogenated alkanes) is 2. The summed E-state index contributed by atoms with van der Waals surface area (Å²) in [6, 6.07) is -1.40. The highest BCUT2D eigenvalue weighted by Crippen LogP contribution is 2.15. The van der Waals surface area contributed by atoms with Gasteiger partial charge in [0.15, 0.2) is 6.10 Å². The minimum atomic E-state index is -1.78. The molecule has 0 aromatic rings. The highest BCUT2D eigenvalue weighted by atomic mass is 19.1.